The largest absolute Gasteiger partial charge is 0.485 e. The lowest BCUT2D eigenvalue weighted by Gasteiger charge is -2.25. The highest BCUT2D eigenvalue weighted by Crippen LogP contribution is 2.35. The van der Waals surface area contributed by atoms with Gasteiger partial charge in [-0.25, -0.2) is 4.98 Å². The minimum Gasteiger partial charge on any atom is -0.485 e. The lowest BCUT2D eigenvalue weighted by atomic mass is 10.0. The molecular weight excluding hydrogens is 487 g/mol. The molecule has 36 heavy (non-hydrogen) atoms. The van der Waals surface area contributed by atoms with E-state index < -0.39 is 17.7 Å². The van der Waals surface area contributed by atoms with E-state index in [1.165, 1.54) is 23.5 Å². The smallest absolute Gasteiger partial charge is 0.398 e. The molecule has 1 aromatic carbocycles. The fourth-order valence-corrected chi connectivity index (χ4v) is 4.89. The van der Waals surface area contributed by atoms with Crippen LogP contribution in [0.1, 0.15) is 71.5 Å². The summed E-state index contributed by atoms with van der Waals surface area (Å²) < 4.78 is 45.2. The molecule has 2 aromatic rings. The van der Waals surface area contributed by atoms with Crippen molar-refractivity contribution in [1.82, 2.24) is 4.98 Å². The number of ketones is 1. The highest BCUT2D eigenvalue weighted by atomic mass is 32.1. The Morgan fingerprint density at radius 3 is 2.58 bits per heavy atom. The lowest BCUT2D eigenvalue weighted by molar-refractivity contribution is -0.148. The number of halogens is 3. The Morgan fingerprint density at radius 2 is 1.94 bits per heavy atom. The van der Waals surface area contributed by atoms with Crippen LogP contribution in [0.25, 0.3) is 5.57 Å². The van der Waals surface area contributed by atoms with Gasteiger partial charge in [0.1, 0.15) is 16.4 Å². The van der Waals surface area contributed by atoms with Crippen molar-refractivity contribution in [2.24, 2.45) is 5.92 Å². The van der Waals surface area contributed by atoms with E-state index in [0.29, 0.717) is 28.3 Å². The molecule has 0 fully saturated rings. The number of ether oxygens (including phenoxy) is 1. The second-order valence-electron chi connectivity index (χ2n) is 9.84. The number of aliphatic hydroxyl groups is 1. The van der Waals surface area contributed by atoms with E-state index in [4.69, 9.17) is 9.72 Å². The fraction of sp³-hybridized carbons (Fsp3) is 0.429. The van der Waals surface area contributed by atoms with Crippen LogP contribution in [0.15, 0.2) is 48.6 Å². The van der Waals surface area contributed by atoms with E-state index in [-0.39, 0.29) is 24.7 Å². The predicted octanol–water partition coefficient (Wildman–Crippen LogP) is 7.23. The molecule has 0 amide bonds. The second-order valence-corrected chi connectivity index (χ2v) is 10.9. The zero-order valence-electron chi connectivity index (χ0n) is 21.1. The Bertz CT molecular complexity index is 1190. The molecule has 0 radical (unpaired) electrons. The van der Waals surface area contributed by atoms with Crippen LogP contribution < -0.4 is 4.74 Å². The first-order chi connectivity index (χ1) is 16.8. The number of carbonyl (C=O) groups excluding carboxylic acids is 1. The molecule has 1 aliphatic rings. The lowest BCUT2D eigenvalue weighted by Crippen LogP contribution is -2.32. The molecule has 0 bridgehead atoms. The molecule has 194 valence electrons. The van der Waals surface area contributed by atoms with Crippen LogP contribution in [0.2, 0.25) is 0 Å². The minimum atomic E-state index is -4.33. The molecule has 1 aromatic heterocycles. The number of aliphatic hydroxyl groups excluding tert-OH is 1. The molecule has 4 nitrogen and oxygen atoms in total. The SMILES string of the molecule is Cc1ccc(C(=O)CCc2sc(C3=CC=CC(C(F)(F)F)C=C3)nc2C(C)C)cc1OC(C)(C)CO. The first kappa shape index (κ1) is 27.9. The van der Waals surface area contributed by atoms with Gasteiger partial charge in [-0.15, -0.1) is 11.3 Å². The van der Waals surface area contributed by atoms with Crippen molar-refractivity contribution >= 4 is 22.7 Å². The van der Waals surface area contributed by atoms with Gasteiger partial charge in [0, 0.05) is 22.4 Å². The number of hydrogen-bond acceptors (Lipinski definition) is 5. The molecule has 0 saturated heterocycles. The van der Waals surface area contributed by atoms with Crippen LogP contribution >= 0.6 is 11.3 Å². The Balaban J connectivity index is 1.78. The van der Waals surface area contributed by atoms with Crippen molar-refractivity contribution in [1.29, 1.82) is 0 Å². The van der Waals surface area contributed by atoms with Gasteiger partial charge < -0.3 is 9.84 Å². The second kappa shape index (κ2) is 11.1. The third kappa shape index (κ3) is 6.95. The van der Waals surface area contributed by atoms with Gasteiger partial charge in [-0.2, -0.15) is 13.2 Å². The first-order valence-electron chi connectivity index (χ1n) is 11.9. The van der Waals surface area contributed by atoms with Gasteiger partial charge in [-0.3, -0.25) is 4.79 Å². The van der Waals surface area contributed by atoms with E-state index in [1.54, 1.807) is 32.1 Å². The Hall–Kier alpha value is -2.71. The molecule has 1 atom stereocenters. The van der Waals surface area contributed by atoms with Crippen LogP contribution in [0.5, 0.6) is 5.75 Å². The number of aryl methyl sites for hydroxylation is 2. The van der Waals surface area contributed by atoms with E-state index in [2.05, 4.69) is 0 Å². The Kier molecular flexibility index (Phi) is 8.62. The van der Waals surface area contributed by atoms with Crippen LogP contribution in [-0.2, 0) is 6.42 Å². The number of hydrogen-bond donors (Lipinski definition) is 1. The van der Waals surface area contributed by atoms with Crippen molar-refractivity contribution in [2.45, 2.75) is 65.2 Å². The van der Waals surface area contributed by atoms with Gasteiger partial charge in [0.15, 0.2) is 5.78 Å². The Labute approximate surface area is 214 Å². The summed E-state index contributed by atoms with van der Waals surface area (Å²) >= 11 is 1.42. The molecule has 0 aliphatic heterocycles. The highest BCUT2D eigenvalue weighted by Gasteiger charge is 2.36. The number of rotatable bonds is 9. The number of nitrogens with zero attached hydrogens (tertiary/aromatic N) is 1. The van der Waals surface area contributed by atoms with Crippen molar-refractivity contribution in [3.63, 3.8) is 0 Å². The van der Waals surface area contributed by atoms with Crippen LogP contribution in [0.4, 0.5) is 13.2 Å². The van der Waals surface area contributed by atoms with Crippen LogP contribution in [0.3, 0.4) is 0 Å². The van der Waals surface area contributed by atoms with E-state index in [0.717, 1.165) is 28.3 Å². The van der Waals surface area contributed by atoms with Crippen LogP contribution in [-0.4, -0.2) is 34.3 Å². The standard InChI is InChI=1S/C28H32F3NO3S/c1-17(2)25-24(36-26(32-25)19-7-6-8-21(12-11-19)28(29,30)31)14-13-22(34)20-10-9-18(3)23(15-20)35-27(4,5)16-33/h6-12,15,17,21,33H,13-14,16H2,1-5H3. The summed E-state index contributed by atoms with van der Waals surface area (Å²) in [5.41, 5.74) is 2.10. The van der Waals surface area contributed by atoms with Gasteiger partial charge in [0.25, 0.3) is 0 Å². The maximum absolute atomic E-state index is 13.1. The van der Waals surface area contributed by atoms with Crippen molar-refractivity contribution in [2.75, 3.05) is 6.61 Å². The van der Waals surface area contributed by atoms with Gasteiger partial charge >= 0.3 is 6.18 Å². The normalized spacial score (nSPS) is 16.3. The summed E-state index contributed by atoms with van der Waals surface area (Å²) in [5.74, 6) is -1.01. The molecule has 1 heterocycles. The van der Waals surface area contributed by atoms with Crippen molar-refractivity contribution in [3.05, 3.63) is 75.3 Å². The topological polar surface area (TPSA) is 59.4 Å². The summed E-state index contributed by atoms with van der Waals surface area (Å²) in [7, 11) is 0. The summed E-state index contributed by atoms with van der Waals surface area (Å²) in [6.45, 7) is 9.28. The number of Topliss-reactive ketones (excluding diaryl/α,β-unsaturated/α-hetero) is 1. The molecule has 1 aliphatic carbocycles. The zero-order valence-corrected chi connectivity index (χ0v) is 22.0. The highest BCUT2D eigenvalue weighted by molar-refractivity contribution is 7.12. The third-order valence-electron chi connectivity index (χ3n) is 5.83. The number of alkyl halides is 3. The number of thiazole rings is 1. The average molecular weight is 520 g/mol. The van der Waals surface area contributed by atoms with E-state index in [9.17, 15) is 23.1 Å². The minimum absolute atomic E-state index is 0.0455. The molecule has 3 rings (SSSR count). The Morgan fingerprint density at radius 1 is 1.22 bits per heavy atom. The van der Waals surface area contributed by atoms with Gasteiger partial charge in [0.2, 0.25) is 0 Å². The van der Waals surface area contributed by atoms with Gasteiger partial charge in [-0.05, 0) is 44.7 Å². The molecular formula is C28H32F3NO3S. The summed E-state index contributed by atoms with van der Waals surface area (Å²) in [4.78, 5) is 18.7. The van der Waals surface area contributed by atoms with E-state index >= 15 is 0 Å². The number of allylic oxidation sites excluding steroid dienone is 6. The molecule has 1 N–H and O–H groups in total. The molecule has 0 saturated carbocycles. The fourth-order valence-electron chi connectivity index (χ4n) is 3.67. The van der Waals surface area contributed by atoms with Gasteiger partial charge in [0.05, 0.1) is 18.2 Å². The van der Waals surface area contributed by atoms with Crippen LogP contribution in [0, 0.1) is 12.8 Å². The number of benzene rings is 1. The molecule has 0 spiro atoms. The summed E-state index contributed by atoms with van der Waals surface area (Å²) in [6.07, 6.45) is 3.21. The number of aromatic nitrogens is 1. The quantitative estimate of drug-likeness (QED) is 0.355. The van der Waals surface area contributed by atoms with E-state index in [1.807, 2.05) is 26.8 Å². The van der Waals surface area contributed by atoms with Crippen molar-refractivity contribution in [3.8, 4) is 5.75 Å². The van der Waals surface area contributed by atoms with Crippen molar-refractivity contribution < 1.29 is 27.8 Å². The monoisotopic (exact) mass is 519 g/mol. The predicted molar refractivity (Wildman–Crippen MR) is 138 cm³/mol. The number of carbonyl (C=O) groups is 1. The maximum Gasteiger partial charge on any atom is 0.398 e. The summed E-state index contributed by atoms with van der Waals surface area (Å²) in [6, 6.07) is 5.30. The zero-order chi connectivity index (χ0) is 26.7. The van der Waals surface area contributed by atoms with Gasteiger partial charge in [-0.1, -0.05) is 56.4 Å². The average Bonchev–Trinajstić information content (AvgIpc) is 3.06. The first-order valence-corrected chi connectivity index (χ1v) is 12.7. The summed E-state index contributed by atoms with van der Waals surface area (Å²) in [5, 5.41) is 10.1. The third-order valence-corrected chi connectivity index (χ3v) is 7.01. The molecule has 8 heteroatoms. The molecule has 1 unspecified atom stereocenters. The maximum atomic E-state index is 13.1.